The van der Waals surface area contributed by atoms with E-state index >= 15 is 0 Å². The van der Waals surface area contributed by atoms with E-state index in [1.54, 1.807) is 16.8 Å². The molecule has 0 amide bonds. The number of nitrogens with zero attached hydrogens (tertiary/aromatic N) is 3. The summed E-state index contributed by atoms with van der Waals surface area (Å²) in [7, 11) is 0. The Morgan fingerprint density at radius 1 is 1.35 bits per heavy atom. The Bertz CT molecular complexity index is 760. The fourth-order valence-corrected chi connectivity index (χ4v) is 2.10. The van der Waals surface area contributed by atoms with Crippen molar-refractivity contribution in [3.05, 3.63) is 47.0 Å². The first-order chi connectivity index (χ1) is 12.2. The molecule has 7 nitrogen and oxygen atoms in total. The molecule has 0 radical (unpaired) electrons. The van der Waals surface area contributed by atoms with E-state index in [2.05, 4.69) is 15.6 Å². The number of carbonyl (C=O) groups is 1. The Kier molecular flexibility index (Phi) is 6.27. The quantitative estimate of drug-likeness (QED) is 0.695. The first-order valence-corrected chi connectivity index (χ1v) is 7.49. The highest BCUT2D eigenvalue weighted by Crippen LogP contribution is 2.17. The predicted molar refractivity (Wildman–Crippen MR) is 80.7 cm³/mol. The minimum absolute atomic E-state index is 0.0936. The molecule has 0 atom stereocenters. The molecule has 11 heteroatoms. The van der Waals surface area contributed by atoms with Gasteiger partial charge in [0.1, 0.15) is 5.82 Å². The van der Waals surface area contributed by atoms with Crippen molar-refractivity contribution in [3.8, 4) is 0 Å². The summed E-state index contributed by atoms with van der Waals surface area (Å²) >= 11 is 0. The van der Waals surface area contributed by atoms with Gasteiger partial charge in [0, 0.05) is 30.8 Å². The van der Waals surface area contributed by atoms with Crippen molar-refractivity contribution < 1.29 is 32.6 Å². The van der Waals surface area contributed by atoms with Crippen LogP contribution in [0.3, 0.4) is 0 Å². The standard InChI is InChI=1S/C13H15FN4O.C2HF3O2/c14-12-2-1-9(8-19)3-10(12)6-18-7-13(16-17-18)11-4-15-5-11;3-2(4,5)1(6)7/h1-3,7,11,15,19H,4-6,8H2;(H,6,7). The summed E-state index contributed by atoms with van der Waals surface area (Å²) in [5, 5.41) is 27.5. The molecular weight excluding hydrogens is 360 g/mol. The normalized spacial score (nSPS) is 14.3. The molecule has 3 rings (SSSR count). The van der Waals surface area contributed by atoms with Gasteiger partial charge in [-0.25, -0.2) is 13.9 Å². The number of carboxylic acids is 1. The molecule has 26 heavy (non-hydrogen) atoms. The number of carboxylic acid groups (broad SMARTS) is 1. The van der Waals surface area contributed by atoms with Gasteiger partial charge in [-0.05, 0) is 17.7 Å². The second-order valence-electron chi connectivity index (χ2n) is 5.58. The Morgan fingerprint density at radius 3 is 2.50 bits per heavy atom. The second-order valence-corrected chi connectivity index (χ2v) is 5.58. The largest absolute Gasteiger partial charge is 0.490 e. The Morgan fingerprint density at radius 2 is 2.00 bits per heavy atom. The van der Waals surface area contributed by atoms with Crippen LogP contribution in [-0.2, 0) is 17.9 Å². The highest BCUT2D eigenvalue weighted by Gasteiger charge is 2.38. The van der Waals surface area contributed by atoms with E-state index in [1.165, 1.54) is 6.07 Å². The zero-order valence-electron chi connectivity index (χ0n) is 13.4. The SMILES string of the molecule is O=C(O)C(F)(F)F.OCc1ccc(F)c(Cn2cc(C3CNC3)nn2)c1. The molecule has 1 aromatic heterocycles. The molecule has 1 aromatic carbocycles. The van der Waals surface area contributed by atoms with Gasteiger partial charge in [0.05, 0.1) is 18.8 Å². The molecule has 2 heterocycles. The number of benzene rings is 1. The third kappa shape index (κ3) is 5.23. The van der Waals surface area contributed by atoms with Crippen LogP contribution in [-0.4, -0.2) is 50.4 Å². The minimum atomic E-state index is -5.08. The molecular formula is C15H16F4N4O3. The number of hydrogen-bond donors (Lipinski definition) is 3. The predicted octanol–water partition coefficient (Wildman–Crippen LogP) is 1.28. The van der Waals surface area contributed by atoms with Crippen molar-refractivity contribution in [1.29, 1.82) is 0 Å². The maximum absolute atomic E-state index is 13.7. The average Bonchev–Trinajstić information content (AvgIpc) is 2.95. The Labute approximate surface area is 145 Å². The molecule has 0 bridgehead atoms. The number of aliphatic hydroxyl groups excluding tert-OH is 1. The Hall–Kier alpha value is -2.53. The molecule has 0 saturated carbocycles. The van der Waals surface area contributed by atoms with Gasteiger partial charge in [-0.3, -0.25) is 0 Å². The van der Waals surface area contributed by atoms with Gasteiger partial charge in [-0.1, -0.05) is 11.3 Å². The minimum Gasteiger partial charge on any atom is -0.475 e. The third-order valence-corrected chi connectivity index (χ3v) is 3.62. The summed E-state index contributed by atoms with van der Waals surface area (Å²) in [6.45, 7) is 2.08. The van der Waals surface area contributed by atoms with Crippen molar-refractivity contribution in [2.75, 3.05) is 13.1 Å². The molecule has 1 fully saturated rings. The van der Waals surface area contributed by atoms with Crippen LogP contribution in [0.4, 0.5) is 17.6 Å². The summed E-state index contributed by atoms with van der Waals surface area (Å²) < 4.78 is 47.0. The third-order valence-electron chi connectivity index (χ3n) is 3.62. The lowest BCUT2D eigenvalue weighted by molar-refractivity contribution is -0.192. The highest BCUT2D eigenvalue weighted by atomic mass is 19.4. The van der Waals surface area contributed by atoms with Crippen molar-refractivity contribution >= 4 is 5.97 Å². The van der Waals surface area contributed by atoms with Gasteiger partial charge in [-0.2, -0.15) is 13.2 Å². The van der Waals surface area contributed by atoms with Crippen LogP contribution in [0.15, 0.2) is 24.4 Å². The monoisotopic (exact) mass is 376 g/mol. The number of aliphatic hydroxyl groups is 1. The summed E-state index contributed by atoms with van der Waals surface area (Å²) in [6, 6.07) is 4.60. The number of aromatic nitrogens is 3. The molecule has 142 valence electrons. The molecule has 0 aliphatic carbocycles. The van der Waals surface area contributed by atoms with E-state index < -0.39 is 12.1 Å². The molecule has 3 N–H and O–H groups in total. The highest BCUT2D eigenvalue weighted by molar-refractivity contribution is 5.73. The topological polar surface area (TPSA) is 100 Å². The molecule has 0 spiro atoms. The maximum Gasteiger partial charge on any atom is 0.490 e. The smallest absolute Gasteiger partial charge is 0.475 e. The second kappa shape index (κ2) is 8.23. The van der Waals surface area contributed by atoms with E-state index in [0.29, 0.717) is 23.6 Å². The fourth-order valence-electron chi connectivity index (χ4n) is 2.10. The van der Waals surface area contributed by atoms with E-state index in [-0.39, 0.29) is 12.4 Å². The van der Waals surface area contributed by atoms with Crippen molar-refractivity contribution in [2.24, 2.45) is 0 Å². The molecule has 1 aliphatic heterocycles. The first kappa shape index (κ1) is 19.8. The summed E-state index contributed by atoms with van der Waals surface area (Å²) in [6.07, 6.45) is -3.23. The van der Waals surface area contributed by atoms with Gasteiger partial charge >= 0.3 is 12.1 Å². The van der Waals surface area contributed by atoms with Gasteiger partial charge in [0.25, 0.3) is 0 Å². The van der Waals surface area contributed by atoms with Crippen molar-refractivity contribution in [2.45, 2.75) is 25.2 Å². The lowest BCUT2D eigenvalue weighted by Gasteiger charge is -2.24. The molecule has 2 aromatic rings. The van der Waals surface area contributed by atoms with E-state index in [4.69, 9.17) is 15.0 Å². The number of rotatable bonds is 4. The van der Waals surface area contributed by atoms with Gasteiger partial charge in [0.15, 0.2) is 0 Å². The zero-order chi connectivity index (χ0) is 19.3. The van der Waals surface area contributed by atoms with Crippen LogP contribution in [0.1, 0.15) is 22.7 Å². The van der Waals surface area contributed by atoms with Gasteiger partial charge < -0.3 is 15.5 Å². The van der Waals surface area contributed by atoms with E-state index in [1.807, 2.05) is 6.20 Å². The lowest BCUT2D eigenvalue weighted by Crippen LogP contribution is -2.40. The molecule has 0 unspecified atom stereocenters. The summed E-state index contributed by atoms with van der Waals surface area (Å²) in [4.78, 5) is 8.90. The van der Waals surface area contributed by atoms with Crippen LogP contribution in [0.2, 0.25) is 0 Å². The number of nitrogens with one attached hydrogen (secondary N) is 1. The maximum atomic E-state index is 13.7. The van der Waals surface area contributed by atoms with Crippen molar-refractivity contribution in [3.63, 3.8) is 0 Å². The fraction of sp³-hybridized carbons (Fsp3) is 0.400. The number of alkyl halides is 3. The lowest BCUT2D eigenvalue weighted by atomic mass is 10.0. The zero-order valence-corrected chi connectivity index (χ0v) is 13.4. The number of halogens is 4. The Balaban J connectivity index is 0.000000298. The van der Waals surface area contributed by atoms with Gasteiger partial charge in [-0.15, -0.1) is 5.10 Å². The van der Waals surface area contributed by atoms with Crippen molar-refractivity contribution in [1.82, 2.24) is 20.3 Å². The average molecular weight is 376 g/mol. The first-order valence-electron chi connectivity index (χ1n) is 7.49. The van der Waals surface area contributed by atoms with Crippen LogP contribution >= 0.6 is 0 Å². The summed E-state index contributed by atoms with van der Waals surface area (Å²) in [5.74, 6) is -2.63. The van der Waals surface area contributed by atoms with Crippen LogP contribution in [0.5, 0.6) is 0 Å². The van der Waals surface area contributed by atoms with Crippen LogP contribution < -0.4 is 5.32 Å². The van der Waals surface area contributed by atoms with Gasteiger partial charge in [0.2, 0.25) is 0 Å². The van der Waals surface area contributed by atoms with Crippen LogP contribution in [0, 0.1) is 5.82 Å². The summed E-state index contributed by atoms with van der Waals surface area (Å²) in [5.41, 5.74) is 2.15. The number of aliphatic carboxylic acids is 1. The van der Waals surface area contributed by atoms with Crippen LogP contribution in [0.25, 0.3) is 0 Å². The van der Waals surface area contributed by atoms with E-state index in [9.17, 15) is 17.6 Å². The molecule has 1 aliphatic rings. The van der Waals surface area contributed by atoms with E-state index in [0.717, 1.165) is 18.8 Å². The molecule has 1 saturated heterocycles. The number of hydrogen-bond acceptors (Lipinski definition) is 5.